The standard InChI is InChI=1S/C27H37O4S.C22H35O2S.C21H31O4S/c1-26(2,32-10-4-5-11-32)25(29)20-6-8-23(9-7-20)30-17-24(28)31-27(3)21-13-18-12-19(15-21)16-22(27)14-18;1-6-22(5,7-2)24-15-14-18-10-12-19(13-11-18)20(23)21(3,4)25-16-8-9-17-25;1-21(2,26-15-5-6-16-26)20(22)17-8-10-18(11-9-17)23-13-14-25-19-7-3-4-12-24-19/h6-9,18-19,21-22H,4-5,10-17H2,1-3H3;10-13H,6-9,14-17H2,1-5H3;8-11,19H,3-7,12-16H2,1-2H3/q3*+1. The van der Waals surface area contributed by atoms with E-state index in [-0.39, 0.29) is 88.6 Å². The van der Waals surface area contributed by atoms with Crippen LogP contribution in [-0.4, -0.2) is 123 Å². The van der Waals surface area contributed by atoms with E-state index in [9.17, 15) is 19.2 Å². The van der Waals surface area contributed by atoms with Gasteiger partial charge in [-0.3, -0.25) is 14.4 Å². The summed E-state index contributed by atoms with van der Waals surface area (Å²) in [6.07, 6.45) is 20.0. The third-order valence-corrected chi connectivity index (χ3v) is 29.5. The minimum absolute atomic E-state index is 0.0118. The van der Waals surface area contributed by atoms with Crippen LogP contribution in [0.15, 0.2) is 72.8 Å². The summed E-state index contributed by atoms with van der Waals surface area (Å²) in [6.45, 7) is 23.8. The normalized spacial score (nSPS) is 24.8. The van der Waals surface area contributed by atoms with Gasteiger partial charge < -0.3 is 28.4 Å². The van der Waals surface area contributed by atoms with Crippen LogP contribution in [0.5, 0.6) is 11.5 Å². The molecule has 1 atom stereocenters. The summed E-state index contributed by atoms with van der Waals surface area (Å²) in [6, 6.07) is 23.1. The third kappa shape index (κ3) is 16.8. The van der Waals surface area contributed by atoms with Gasteiger partial charge in [-0.1, -0.05) is 38.1 Å². The van der Waals surface area contributed by atoms with Crippen molar-refractivity contribution in [3.63, 3.8) is 0 Å². The lowest BCUT2D eigenvalue weighted by Gasteiger charge is -2.59. The van der Waals surface area contributed by atoms with Crippen molar-refractivity contribution in [1.29, 1.82) is 0 Å². The molecule has 11 rings (SSSR count). The summed E-state index contributed by atoms with van der Waals surface area (Å²) in [4.78, 5) is 51.7. The SMILES string of the molecule is CC(C)(C(=O)c1ccc(OCCOC2CCCCO2)cc1)[S+]1CCCC1.CC1(OC(=O)COc2ccc(C(=O)C(C)(C)[S+]3CCCC3)cc2)C2CC3CC(C2)CC1C3.CCC(C)(CC)OCCc1ccc(C(=O)C(C)(C)[S+]2CCCC2)cc1. The Morgan fingerprint density at radius 3 is 1.36 bits per heavy atom. The fourth-order valence-corrected chi connectivity index (χ4v) is 22.0. The van der Waals surface area contributed by atoms with Crippen LogP contribution in [0.2, 0.25) is 0 Å². The van der Waals surface area contributed by atoms with Gasteiger partial charge in [0, 0.05) is 56.0 Å². The number of carbonyl (C=O) groups is 4. The molecule has 0 radical (unpaired) electrons. The number of esters is 1. The molecular formula is C70H103O10S3+3. The molecule has 8 aliphatic rings. The first-order chi connectivity index (χ1) is 39.6. The molecule has 3 aromatic carbocycles. The van der Waals surface area contributed by atoms with Crippen molar-refractivity contribution in [2.24, 2.45) is 23.7 Å². The van der Waals surface area contributed by atoms with Crippen LogP contribution in [0.4, 0.5) is 0 Å². The highest BCUT2D eigenvalue weighted by molar-refractivity contribution is 7.99. The van der Waals surface area contributed by atoms with Crippen molar-refractivity contribution >= 4 is 56.0 Å². The number of ketones is 3. The van der Waals surface area contributed by atoms with Crippen molar-refractivity contribution in [2.75, 3.05) is 67.6 Å². The van der Waals surface area contributed by atoms with Gasteiger partial charge in [0.25, 0.3) is 0 Å². The first-order valence-electron chi connectivity index (χ1n) is 32.0. The van der Waals surface area contributed by atoms with Crippen LogP contribution in [0.3, 0.4) is 0 Å². The van der Waals surface area contributed by atoms with Gasteiger partial charge in [0.2, 0.25) is 17.3 Å². The smallest absolute Gasteiger partial charge is 0.344 e. The highest BCUT2D eigenvalue weighted by Crippen LogP contribution is 2.59. The number of hydrogen-bond acceptors (Lipinski definition) is 10. The molecule has 0 aromatic heterocycles. The van der Waals surface area contributed by atoms with Gasteiger partial charge in [0.1, 0.15) is 58.2 Å². The average Bonchev–Trinajstić information content (AvgIpc) is 2.89. The second-order valence-corrected chi connectivity index (χ2v) is 35.1. The molecule has 4 aliphatic carbocycles. The van der Waals surface area contributed by atoms with E-state index in [0.29, 0.717) is 36.6 Å². The Hall–Kier alpha value is -3.33. The maximum absolute atomic E-state index is 13.1. The Labute approximate surface area is 508 Å². The lowest BCUT2D eigenvalue weighted by atomic mass is 9.50. The van der Waals surface area contributed by atoms with E-state index in [4.69, 9.17) is 28.4 Å². The van der Waals surface area contributed by atoms with Crippen molar-refractivity contribution in [3.05, 3.63) is 95.1 Å². The molecule has 8 fully saturated rings. The number of ether oxygens (including phenoxy) is 6. The largest absolute Gasteiger partial charge is 0.491 e. The zero-order valence-corrected chi connectivity index (χ0v) is 54.9. The van der Waals surface area contributed by atoms with Gasteiger partial charge in [0.05, 0.1) is 18.8 Å². The van der Waals surface area contributed by atoms with Crippen LogP contribution >= 0.6 is 0 Å². The molecule has 4 saturated heterocycles. The van der Waals surface area contributed by atoms with Crippen LogP contribution < -0.4 is 9.47 Å². The Morgan fingerprint density at radius 1 is 0.530 bits per heavy atom. The van der Waals surface area contributed by atoms with Crippen LogP contribution in [0.25, 0.3) is 0 Å². The lowest BCUT2D eigenvalue weighted by molar-refractivity contribution is -0.204. The molecule has 0 N–H and O–H groups in total. The first-order valence-corrected chi connectivity index (χ1v) is 36.6. The highest BCUT2D eigenvalue weighted by Gasteiger charge is 2.57. The second-order valence-electron chi connectivity index (χ2n) is 26.6. The molecule has 0 spiro atoms. The van der Waals surface area contributed by atoms with Crippen LogP contribution in [0, 0.1) is 23.7 Å². The predicted octanol–water partition coefficient (Wildman–Crippen LogP) is 14.4. The van der Waals surface area contributed by atoms with Crippen molar-refractivity contribution in [3.8, 4) is 11.5 Å². The Balaban J connectivity index is 0.000000165. The number of Topliss-reactive ketones (excluding diaryl/α,β-unsaturated/α-hetero) is 3. The number of hydrogen-bond donors (Lipinski definition) is 0. The maximum atomic E-state index is 13.1. The van der Waals surface area contributed by atoms with E-state index in [1.807, 2.05) is 48.5 Å². The summed E-state index contributed by atoms with van der Waals surface area (Å²) >= 11 is 0. The lowest BCUT2D eigenvalue weighted by Crippen LogP contribution is -2.58. The highest BCUT2D eigenvalue weighted by atomic mass is 32.2. The predicted molar refractivity (Wildman–Crippen MR) is 344 cm³/mol. The van der Waals surface area contributed by atoms with E-state index in [2.05, 4.69) is 81.4 Å². The molecule has 4 aliphatic heterocycles. The van der Waals surface area contributed by atoms with Gasteiger partial charge in [-0.05, 0) is 242 Å². The molecule has 83 heavy (non-hydrogen) atoms. The van der Waals surface area contributed by atoms with E-state index in [1.165, 1.54) is 117 Å². The fourth-order valence-electron chi connectivity index (χ4n) is 13.9. The van der Waals surface area contributed by atoms with Crippen LogP contribution in [-0.2, 0) is 62.8 Å². The van der Waals surface area contributed by atoms with Crippen LogP contribution in [0.1, 0.15) is 209 Å². The van der Waals surface area contributed by atoms with E-state index in [1.54, 1.807) is 12.1 Å². The minimum Gasteiger partial charge on any atom is -0.491 e. The van der Waals surface area contributed by atoms with Gasteiger partial charge >= 0.3 is 5.97 Å². The first kappa shape index (κ1) is 65.6. The average molecular weight is 1200 g/mol. The Morgan fingerprint density at radius 2 is 0.952 bits per heavy atom. The monoisotopic (exact) mass is 1200 g/mol. The van der Waals surface area contributed by atoms with Gasteiger partial charge in [-0.15, -0.1) is 0 Å². The summed E-state index contributed by atoms with van der Waals surface area (Å²) in [5.41, 5.74) is 3.28. The van der Waals surface area contributed by atoms with Crippen molar-refractivity contribution < 1.29 is 47.6 Å². The maximum Gasteiger partial charge on any atom is 0.344 e. The van der Waals surface area contributed by atoms with Gasteiger partial charge in [0.15, 0.2) is 27.1 Å². The molecule has 4 bridgehead atoms. The molecule has 3 aromatic rings. The fraction of sp³-hybridized carbons (Fsp3) is 0.686. The van der Waals surface area contributed by atoms with Gasteiger partial charge in [-0.25, -0.2) is 4.79 Å². The Kier molecular flexibility index (Phi) is 23.4. The quantitative estimate of drug-likeness (QED) is 0.0371. The summed E-state index contributed by atoms with van der Waals surface area (Å²) in [7, 11) is 0.613. The molecule has 10 nitrogen and oxygen atoms in total. The van der Waals surface area contributed by atoms with E-state index in [0.717, 1.165) is 79.6 Å². The topological polar surface area (TPSA) is 124 Å². The second kappa shape index (κ2) is 29.6. The zero-order valence-electron chi connectivity index (χ0n) is 52.4. The molecule has 0 amide bonds. The van der Waals surface area contributed by atoms with Crippen molar-refractivity contribution in [1.82, 2.24) is 0 Å². The molecular weight excluding hydrogens is 1100 g/mol. The van der Waals surface area contributed by atoms with E-state index >= 15 is 0 Å². The molecule has 4 heterocycles. The van der Waals surface area contributed by atoms with E-state index < -0.39 is 0 Å². The molecule has 4 saturated carbocycles. The number of carbonyl (C=O) groups excluding carboxylic acids is 4. The minimum atomic E-state index is -0.323. The number of rotatable bonds is 24. The van der Waals surface area contributed by atoms with Crippen molar-refractivity contribution in [2.45, 2.75) is 210 Å². The Bertz CT molecular complexity index is 2520. The third-order valence-electron chi connectivity index (χ3n) is 19.9. The summed E-state index contributed by atoms with van der Waals surface area (Å²) in [5.74, 6) is 11.8. The molecule has 458 valence electrons. The molecule has 13 heteroatoms. The zero-order chi connectivity index (χ0) is 59.4. The summed E-state index contributed by atoms with van der Waals surface area (Å²) in [5, 5.41) is 0. The van der Waals surface area contributed by atoms with Gasteiger partial charge in [-0.2, -0.15) is 0 Å². The molecule has 1 unspecified atom stereocenters. The summed E-state index contributed by atoms with van der Waals surface area (Å²) < 4.78 is 34.0. The number of benzene rings is 3.